The Bertz CT molecular complexity index is 674. The number of hydrogen-bond donors (Lipinski definition) is 0. The standard InChI is InChI=1S/C18H22FN3O/c1-21-10-6-15(7-11-21)17(23)18-20-9-13-22(18)12-8-14-4-2-3-5-16(14)19/h2-5,9,13,15H,6-8,10-12H2,1H3. The molecule has 0 unspecified atom stereocenters. The molecule has 4 nitrogen and oxygen atoms in total. The minimum Gasteiger partial charge on any atom is -0.328 e. The van der Waals surface area contributed by atoms with Crippen LogP contribution < -0.4 is 0 Å². The van der Waals surface area contributed by atoms with Crippen molar-refractivity contribution in [2.45, 2.75) is 25.8 Å². The van der Waals surface area contributed by atoms with Crippen molar-refractivity contribution in [2.24, 2.45) is 5.92 Å². The molecule has 0 spiro atoms. The zero-order valence-corrected chi connectivity index (χ0v) is 13.4. The van der Waals surface area contributed by atoms with Crippen LogP contribution >= 0.6 is 0 Å². The molecule has 1 saturated heterocycles. The molecule has 0 saturated carbocycles. The van der Waals surface area contributed by atoms with Crippen LogP contribution in [0.2, 0.25) is 0 Å². The molecular formula is C18H22FN3O. The third-order valence-electron chi connectivity index (χ3n) is 4.61. The summed E-state index contributed by atoms with van der Waals surface area (Å²) in [7, 11) is 2.08. The quantitative estimate of drug-likeness (QED) is 0.796. The lowest BCUT2D eigenvalue weighted by Gasteiger charge is -2.27. The van der Waals surface area contributed by atoms with E-state index in [2.05, 4.69) is 16.9 Å². The van der Waals surface area contributed by atoms with Gasteiger partial charge in [0.1, 0.15) is 5.82 Å². The molecule has 0 radical (unpaired) electrons. The fourth-order valence-corrected chi connectivity index (χ4v) is 3.11. The molecule has 0 bridgehead atoms. The van der Waals surface area contributed by atoms with Crippen LogP contribution in [0.1, 0.15) is 29.0 Å². The second kappa shape index (κ2) is 7.04. The third kappa shape index (κ3) is 3.67. The molecule has 122 valence electrons. The van der Waals surface area contributed by atoms with Gasteiger partial charge in [0.2, 0.25) is 5.78 Å². The molecule has 0 atom stereocenters. The zero-order chi connectivity index (χ0) is 16.2. The zero-order valence-electron chi connectivity index (χ0n) is 13.4. The molecule has 1 aromatic carbocycles. The van der Waals surface area contributed by atoms with Crippen LogP contribution in [0, 0.1) is 11.7 Å². The van der Waals surface area contributed by atoms with Crippen molar-refractivity contribution in [1.82, 2.24) is 14.5 Å². The van der Waals surface area contributed by atoms with Crippen molar-refractivity contribution in [3.63, 3.8) is 0 Å². The Labute approximate surface area is 135 Å². The predicted molar refractivity (Wildman–Crippen MR) is 86.9 cm³/mol. The molecule has 2 aromatic rings. The number of aromatic nitrogens is 2. The molecule has 0 N–H and O–H groups in total. The number of likely N-dealkylation sites (tertiary alicyclic amines) is 1. The van der Waals surface area contributed by atoms with Crippen molar-refractivity contribution < 1.29 is 9.18 Å². The molecule has 5 heteroatoms. The minimum absolute atomic E-state index is 0.0563. The van der Waals surface area contributed by atoms with E-state index in [4.69, 9.17) is 0 Å². The van der Waals surface area contributed by atoms with E-state index in [0.717, 1.165) is 25.9 Å². The van der Waals surface area contributed by atoms with Crippen LogP contribution in [-0.2, 0) is 13.0 Å². The minimum atomic E-state index is -0.198. The van der Waals surface area contributed by atoms with Gasteiger partial charge < -0.3 is 9.47 Å². The lowest BCUT2D eigenvalue weighted by molar-refractivity contribution is 0.0841. The number of benzene rings is 1. The highest BCUT2D eigenvalue weighted by atomic mass is 19.1. The summed E-state index contributed by atoms with van der Waals surface area (Å²) < 4.78 is 15.6. The van der Waals surface area contributed by atoms with Crippen LogP contribution in [0.15, 0.2) is 36.7 Å². The Morgan fingerprint density at radius 3 is 2.78 bits per heavy atom. The van der Waals surface area contributed by atoms with Gasteiger partial charge in [0.25, 0.3) is 0 Å². The smallest absolute Gasteiger partial charge is 0.201 e. The van der Waals surface area contributed by atoms with Gasteiger partial charge in [0.15, 0.2) is 5.82 Å². The van der Waals surface area contributed by atoms with Crippen LogP contribution in [0.4, 0.5) is 4.39 Å². The summed E-state index contributed by atoms with van der Waals surface area (Å²) in [5.41, 5.74) is 0.666. The number of ketones is 1. The van der Waals surface area contributed by atoms with Gasteiger partial charge >= 0.3 is 0 Å². The van der Waals surface area contributed by atoms with Gasteiger partial charge in [-0.1, -0.05) is 18.2 Å². The molecule has 1 aromatic heterocycles. The van der Waals surface area contributed by atoms with Gasteiger partial charge in [-0.2, -0.15) is 0 Å². The highest BCUT2D eigenvalue weighted by Gasteiger charge is 2.27. The molecule has 0 amide bonds. The summed E-state index contributed by atoms with van der Waals surface area (Å²) >= 11 is 0. The number of piperidine rings is 1. The first kappa shape index (κ1) is 15.9. The summed E-state index contributed by atoms with van der Waals surface area (Å²) in [4.78, 5) is 19.2. The van der Waals surface area contributed by atoms with Crippen molar-refractivity contribution in [3.05, 3.63) is 53.9 Å². The summed E-state index contributed by atoms with van der Waals surface area (Å²) in [6, 6.07) is 6.76. The molecule has 1 fully saturated rings. The number of nitrogens with zero attached hydrogens (tertiary/aromatic N) is 3. The summed E-state index contributed by atoms with van der Waals surface area (Å²) in [5, 5.41) is 0. The molecular weight excluding hydrogens is 293 g/mol. The Hall–Kier alpha value is -2.01. The first-order chi connectivity index (χ1) is 11.1. The summed E-state index contributed by atoms with van der Waals surface area (Å²) in [6.07, 6.45) is 5.79. The number of halogens is 1. The van der Waals surface area contributed by atoms with E-state index in [9.17, 15) is 9.18 Å². The SMILES string of the molecule is CN1CCC(C(=O)c2nccn2CCc2ccccc2F)CC1. The van der Waals surface area contributed by atoms with Crippen molar-refractivity contribution in [3.8, 4) is 0 Å². The Morgan fingerprint density at radius 2 is 2.04 bits per heavy atom. The number of carbonyl (C=O) groups is 1. The normalized spacial score (nSPS) is 16.6. The summed E-state index contributed by atoms with van der Waals surface area (Å²) in [6.45, 7) is 2.47. The van der Waals surface area contributed by atoms with Crippen LogP contribution in [0.3, 0.4) is 0 Å². The Morgan fingerprint density at radius 1 is 1.30 bits per heavy atom. The number of Topliss-reactive ketones (excluding diaryl/α,β-unsaturated/α-hetero) is 1. The lowest BCUT2D eigenvalue weighted by Crippen LogP contribution is -2.34. The van der Waals surface area contributed by atoms with Gasteiger partial charge in [-0.15, -0.1) is 0 Å². The highest BCUT2D eigenvalue weighted by molar-refractivity contribution is 5.94. The topological polar surface area (TPSA) is 38.1 Å². The fraction of sp³-hybridized carbons (Fsp3) is 0.444. The monoisotopic (exact) mass is 315 g/mol. The maximum absolute atomic E-state index is 13.7. The van der Waals surface area contributed by atoms with Crippen LogP contribution in [-0.4, -0.2) is 40.4 Å². The number of aryl methyl sites for hydroxylation is 2. The number of rotatable bonds is 5. The number of hydrogen-bond acceptors (Lipinski definition) is 3. The number of carbonyl (C=O) groups excluding carboxylic acids is 1. The molecule has 2 heterocycles. The molecule has 0 aliphatic carbocycles. The third-order valence-corrected chi connectivity index (χ3v) is 4.61. The van der Waals surface area contributed by atoms with E-state index < -0.39 is 0 Å². The molecule has 1 aliphatic rings. The van der Waals surface area contributed by atoms with Gasteiger partial charge in [-0.05, 0) is 51.0 Å². The average molecular weight is 315 g/mol. The predicted octanol–water partition coefficient (Wildman–Crippen LogP) is 2.79. The van der Waals surface area contributed by atoms with Crippen molar-refractivity contribution in [1.29, 1.82) is 0 Å². The second-order valence-corrected chi connectivity index (χ2v) is 6.23. The van der Waals surface area contributed by atoms with Crippen molar-refractivity contribution in [2.75, 3.05) is 20.1 Å². The van der Waals surface area contributed by atoms with Gasteiger partial charge in [0.05, 0.1) is 0 Å². The van der Waals surface area contributed by atoms with Crippen molar-refractivity contribution >= 4 is 5.78 Å². The van der Waals surface area contributed by atoms with E-state index in [1.165, 1.54) is 6.07 Å². The van der Waals surface area contributed by atoms with E-state index in [1.807, 2.05) is 16.8 Å². The fourth-order valence-electron chi connectivity index (χ4n) is 3.11. The highest BCUT2D eigenvalue weighted by Crippen LogP contribution is 2.20. The average Bonchev–Trinajstić information content (AvgIpc) is 3.02. The maximum Gasteiger partial charge on any atom is 0.201 e. The van der Waals surface area contributed by atoms with Gasteiger partial charge in [-0.25, -0.2) is 9.37 Å². The largest absolute Gasteiger partial charge is 0.328 e. The molecule has 1 aliphatic heterocycles. The van der Waals surface area contributed by atoms with E-state index in [1.54, 1.807) is 18.3 Å². The molecule has 23 heavy (non-hydrogen) atoms. The Balaban J connectivity index is 1.67. The van der Waals surface area contributed by atoms with E-state index in [0.29, 0.717) is 24.4 Å². The van der Waals surface area contributed by atoms with Gasteiger partial charge in [-0.3, -0.25) is 4.79 Å². The maximum atomic E-state index is 13.7. The second-order valence-electron chi connectivity index (χ2n) is 6.23. The van der Waals surface area contributed by atoms with Crippen LogP contribution in [0.5, 0.6) is 0 Å². The van der Waals surface area contributed by atoms with E-state index >= 15 is 0 Å². The van der Waals surface area contributed by atoms with Gasteiger partial charge in [0, 0.05) is 24.9 Å². The first-order valence-corrected chi connectivity index (χ1v) is 8.12. The Kier molecular flexibility index (Phi) is 4.86. The summed E-state index contributed by atoms with van der Waals surface area (Å²) in [5.74, 6) is 0.490. The lowest BCUT2D eigenvalue weighted by atomic mass is 9.92. The molecule has 3 rings (SSSR count). The van der Waals surface area contributed by atoms with E-state index in [-0.39, 0.29) is 17.5 Å². The first-order valence-electron chi connectivity index (χ1n) is 8.12. The number of imidazole rings is 1. The van der Waals surface area contributed by atoms with Crippen LogP contribution in [0.25, 0.3) is 0 Å².